The lowest BCUT2D eigenvalue weighted by Crippen LogP contribution is -2.37. The number of ether oxygens (including phenoxy) is 1. The molecule has 1 atom stereocenters. The van der Waals surface area contributed by atoms with Crippen LogP contribution in [0.15, 0.2) is 4.99 Å². The zero-order chi connectivity index (χ0) is 12.0. The lowest BCUT2D eigenvalue weighted by Gasteiger charge is -2.22. The Morgan fingerprint density at radius 3 is 2.76 bits per heavy atom. The maximum absolute atomic E-state index is 5.72. The van der Waals surface area contributed by atoms with E-state index >= 15 is 0 Å². The van der Waals surface area contributed by atoms with Gasteiger partial charge in [-0.05, 0) is 26.8 Å². The molecule has 5 nitrogen and oxygen atoms in total. The molecule has 1 saturated carbocycles. The molecule has 0 radical (unpaired) electrons. The van der Waals surface area contributed by atoms with E-state index in [1.165, 1.54) is 12.8 Å². The van der Waals surface area contributed by atoms with E-state index in [0.29, 0.717) is 25.2 Å². The van der Waals surface area contributed by atoms with Gasteiger partial charge in [0.15, 0.2) is 5.96 Å². The number of likely N-dealkylation sites (N-methyl/N-ethyl adjacent to an activating group) is 1. The van der Waals surface area contributed by atoms with Crippen LogP contribution in [0, 0.1) is 0 Å². The molecule has 0 saturated heterocycles. The minimum Gasteiger partial charge on any atom is -0.383 e. The predicted molar refractivity (Wildman–Crippen MR) is 82.0 cm³/mol. The van der Waals surface area contributed by atoms with E-state index in [4.69, 9.17) is 10.5 Å². The summed E-state index contributed by atoms with van der Waals surface area (Å²) in [5.41, 5.74) is 5.72. The molecule has 6 heteroatoms. The molecule has 0 heterocycles. The molecule has 1 aliphatic rings. The first-order chi connectivity index (χ1) is 7.65. The zero-order valence-corrected chi connectivity index (χ0v) is 13.3. The van der Waals surface area contributed by atoms with Gasteiger partial charge in [0.1, 0.15) is 0 Å². The molecule has 0 aromatic rings. The second-order valence-electron chi connectivity index (χ2n) is 4.39. The van der Waals surface area contributed by atoms with E-state index in [2.05, 4.69) is 29.2 Å². The summed E-state index contributed by atoms with van der Waals surface area (Å²) in [6.45, 7) is 4.29. The van der Waals surface area contributed by atoms with Gasteiger partial charge in [-0.3, -0.25) is 9.89 Å². The first kappa shape index (κ1) is 16.9. The van der Waals surface area contributed by atoms with Crippen molar-refractivity contribution in [1.29, 1.82) is 0 Å². The fraction of sp³-hybridized carbons (Fsp3) is 0.909. The zero-order valence-electron chi connectivity index (χ0n) is 11.0. The topological polar surface area (TPSA) is 62.9 Å². The molecule has 0 aromatic heterocycles. The number of aliphatic imine (C=N–C) groups is 1. The number of nitrogens with one attached hydrogen (secondary N) is 1. The van der Waals surface area contributed by atoms with E-state index in [0.717, 1.165) is 12.6 Å². The highest BCUT2D eigenvalue weighted by molar-refractivity contribution is 14.0. The minimum atomic E-state index is 0. The van der Waals surface area contributed by atoms with Crippen LogP contribution in [0.1, 0.15) is 19.8 Å². The largest absolute Gasteiger partial charge is 0.383 e. The average Bonchev–Trinajstić information content (AvgIpc) is 3.09. The van der Waals surface area contributed by atoms with Crippen LogP contribution in [0.4, 0.5) is 0 Å². The van der Waals surface area contributed by atoms with Gasteiger partial charge in [-0.2, -0.15) is 0 Å². The van der Waals surface area contributed by atoms with Crippen LogP contribution in [0.3, 0.4) is 0 Å². The molecule has 0 aromatic carbocycles. The molecular formula is C11H25IN4O. The van der Waals surface area contributed by atoms with Gasteiger partial charge in [0.2, 0.25) is 0 Å². The summed E-state index contributed by atoms with van der Waals surface area (Å²) >= 11 is 0. The molecule has 1 fully saturated rings. The average molecular weight is 356 g/mol. The molecular weight excluding hydrogens is 331 g/mol. The Labute approximate surface area is 121 Å². The Morgan fingerprint density at radius 1 is 1.59 bits per heavy atom. The van der Waals surface area contributed by atoms with Crippen molar-refractivity contribution in [2.75, 3.05) is 33.9 Å². The first-order valence-electron chi connectivity index (χ1n) is 5.89. The van der Waals surface area contributed by atoms with Crippen LogP contribution in [0.2, 0.25) is 0 Å². The first-order valence-corrected chi connectivity index (χ1v) is 5.89. The summed E-state index contributed by atoms with van der Waals surface area (Å²) in [5, 5.41) is 3.01. The summed E-state index contributed by atoms with van der Waals surface area (Å²) in [7, 11) is 3.83. The highest BCUT2D eigenvalue weighted by Gasteiger charge is 2.28. The number of methoxy groups -OCH3 is 1. The molecule has 17 heavy (non-hydrogen) atoms. The van der Waals surface area contributed by atoms with Crippen LogP contribution in [-0.2, 0) is 4.74 Å². The SMILES string of the molecule is COCCNC(N)=NCC(C)N(C)C1CC1.I. The molecule has 1 rings (SSSR count). The van der Waals surface area contributed by atoms with E-state index < -0.39 is 0 Å². The van der Waals surface area contributed by atoms with Gasteiger partial charge in [-0.1, -0.05) is 0 Å². The lowest BCUT2D eigenvalue weighted by atomic mass is 10.3. The fourth-order valence-corrected chi connectivity index (χ4v) is 1.54. The van der Waals surface area contributed by atoms with Crippen molar-refractivity contribution in [3.63, 3.8) is 0 Å². The number of guanidine groups is 1. The van der Waals surface area contributed by atoms with E-state index in [-0.39, 0.29) is 24.0 Å². The van der Waals surface area contributed by atoms with Gasteiger partial charge in [-0.25, -0.2) is 0 Å². The highest BCUT2D eigenvalue weighted by atomic mass is 127. The molecule has 3 N–H and O–H groups in total. The molecule has 1 aliphatic carbocycles. The maximum atomic E-state index is 5.72. The summed E-state index contributed by atoms with van der Waals surface area (Å²) in [4.78, 5) is 6.69. The lowest BCUT2D eigenvalue weighted by molar-refractivity contribution is 0.203. The molecule has 0 spiro atoms. The van der Waals surface area contributed by atoms with Gasteiger partial charge in [0.05, 0.1) is 13.2 Å². The van der Waals surface area contributed by atoms with Crippen LogP contribution < -0.4 is 11.1 Å². The van der Waals surface area contributed by atoms with Gasteiger partial charge in [0.25, 0.3) is 0 Å². The summed E-state index contributed by atoms with van der Waals surface area (Å²) in [6, 6.07) is 1.23. The second kappa shape index (κ2) is 8.93. The molecule has 0 aliphatic heterocycles. The van der Waals surface area contributed by atoms with Gasteiger partial charge < -0.3 is 15.8 Å². The van der Waals surface area contributed by atoms with Gasteiger partial charge in [-0.15, -0.1) is 24.0 Å². The van der Waals surface area contributed by atoms with Crippen molar-refractivity contribution in [2.24, 2.45) is 10.7 Å². The van der Waals surface area contributed by atoms with E-state index in [9.17, 15) is 0 Å². The van der Waals surface area contributed by atoms with Gasteiger partial charge >= 0.3 is 0 Å². The Balaban J connectivity index is 0.00000256. The van der Waals surface area contributed by atoms with Crippen molar-refractivity contribution in [3.8, 4) is 0 Å². The number of nitrogens with zero attached hydrogens (tertiary/aromatic N) is 2. The van der Waals surface area contributed by atoms with Crippen LogP contribution >= 0.6 is 24.0 Å². The minimum absolute atomic E-state index is 0. The Kier molecular flexibility index (Phi) is 8.89. The van der Waals surface area contributed by atoms with Crippen molar-refractivity contribution in [2.45, 2.75) is 31.8 Å². The summed E-state index contributed by atoms with van der Waals surface area (Å²) in [5.74, 6) is 0.507. The Morgan fingerprint density at radius 2 is 2.24 bits per heavy atom. The van der Waals surface area contributed by atoms with Crippen molar-refractivity contribution in [1.82, 2.24) is 10.2 Å². The highest BCUT2D eigenvalue weighted by Crippen LogP contribution is 2.26. The fourth-order valence-electron chi connectivity index (χ4n) is 1.54. The van der Waals surface area contributed by atoms with Crippen LogP contribution in [0.5, 0.6) is 0 Å². The summed E-state index contributed by atoms with van der Waals surface area (Å²) in [6.07, 6.45) is 2.65. The normalized spacial score (nSPS) is 17.8. The van der Waals surface area contributed by atoms with Gasteiger partial charge in [0, 0.05) is 25.7 Å². The molecule has 0 amide bonds. The van der Waals surface area contributed by atoms with Crippen LogP contribution in [-0.4, -0.2) is 56.8 Å². The Hall–Kier alpha value is -0.0800. The number of rotatable bonds is 7. The van der Waals surface area contributed by atoms with Crippen LogP contribution in [0.25, 0.3) is 0 Å². The maximum Gasteiger partial charge on any atom is 0.188 e. The van der Waals surface area contributed by atoms with Crippen molar-refractivity contribution >= 4 is 29.9 Å². The Bertz CT molecular complexity index is 234. The third kappa shape index (κ3) is 7.05. The third-order valence-corrected chi connectivity index (χ3v) is 2.96. The third-order valence-electron chi connectivity index (χ3n) is 2.96. The van der Waals surface area contributed by atoms with Crippen molar-refractivity contribution < 1.29 is 4.74 Å². The predicted octanol–water partition coefficient (Wildman–Crippen LogP) is 0.638. The molecule has 102 valence electrons. The smallest absolute Gasteiger partial charge is 0.188 e. The molecule has 0 bridgehead atoms. The standard InChI is InChI=1S/C11H24N4O.HI/c1-9(15(2)10-4-5-10)8-14-11(12)13-6-7-16-3;/h9-10H,4-8H2,1-3H3,(H3,12,13,14);1H. The van der Waals surface area contributed by atoms with E-state index in [1.807, 2.05) is 0 Å². The van der Waals surface area contributed by atoms with E-state index in [1.54, 1.807) is 7.11 Å². The molecule has 1 unspecified atom stereocenters. The number of hydrogen-bond acceptors (Lipinski definition) is 3. The number of hydrogen-bond donors (Lipinski definition) is 2. The number of halogens is 1. The monoisotopic (exact) mass is 356 g/mol. The second-order valence-corrected chi connectivity index (χ2v) is 4.39. The summed E-state index contributed by atoms with van der Waals surface area (Å²) < 4.78 is 4.91. The quantitative estimate of drug-likeness (QED) is 0.304. The number of nitrogens with two attached hydrogens (primary N) is 1. The van der Waals surface area contributed by atoms with Crippen molar-refractivity contribution in [3.05, 3.63) is 0 Å².